The zero-order valence-electron chi connectivity index (χ0n) is 14.2. The van der Waals surface area contributed by atoms with Crippen molar-refractivity contribution >= 4 is 44.8 Å². The molecule has 2 aromatic rings. The van der Waals surface area contributed by atoms with Gasteiger partial charge in [0.05, 0.1) is 22.2 Å². The monoisotopic (exact) mass is 395 g/mol. The Morgan fingerprint density at radius 3 is 2.23 bits per heavy atom. The van der Waals surface area contributed by atoms with Crippen molar-refractivity contribution < 1.29 is 18.0 Å². The Labute approximate surface area is 157 Å². The average Bonchev–Trinajstić information content (AvgIpc) is 2.57. The van der Waals surface area contributed by atoms with E-state index >= 15 is 0 Å². The molecule has 0 aliphatic rings. The summed E-state index contributed by atoms with van der Waals surface area (Å²) in [6.45, 7) is 0.983. The van der Waals surface area contributed by atoms with Gasteiger partial charge in [0.1, 0.15) is 0 Å². The topological polar surface area (TPSA) is 95.6 Å². The number of nitrogens with zero attached hydrogens (tertiary/aromatic N) is 1. The third-order valence-electron chi connectivity index (χ3n) is 3.40. The maximum absolute atomic E-state index is 12.6. The Morgan fingerprint density at radius 2 is 1.65 bits per heavy atom. The minimum absolute atomic E-state index is 0.0136. The minimum atomic E-state index is -3.85. The van der Waals surface area contributed by atoms with Gasteiger partial charge >= 0.3 is 0 Å². The van der Waals surface area contributed by atoms with Gasteiger partial charge in [0.2, 0.25) is 21.8 Å². The van der Waals surface area contributed by atoms with Crippen molar-refractivity contribution in [2.75, 3.05) is 24.2 Å². The van der Waals surface area contributed by atoms with Crippen LogP contribution in [0.15, 0.2) is 53.4 Å². The summed E-state index contributed by atoms with van der Waals surface area (Å²) in [6, 6.07) is 12.4. The molecule has 0 aliphatic carbocycles. The fourth-order valence-electron chi connectivity index (χ4n) is 2.13. The van der Waals surface area contributed by atoms with Gasteiger partial charge in [-0.2, -0.15) is 4.31 Å². The van der Waals surface area contributed by atoms with E-state index in [9.17, 15) is 18.0 Å². The maximum atomic E-state index is 12.6. The van der Waals surface area contributed by atoms with Gasteiger partial charge in [-0.05, 0) is 36.4 Å². The van der Waals surface area contributed by atoms with Crippen LogP contribution in [0.2, 0.25) is 5.02 Å². The molecule has 2 amide bonds. The average molecular weight is 396 g/mol. The van der Waals surface area contributed by atoms with Gasteiger partial charge in [-0.1, -0.05) is 23.7 Å². The highest BCUT2D eigenvalue weighted by Gasteiger charge is 2.23. The number of sulfonamides is 1. The van der Waals surface area contributed by atoms with Crippen molar-refractivity contribution in [2.24, 2.45) is 0 Å². The van der Waals surface area contributed by atoms with Crippen LogP contribution in [0.4, 0.5) is 11.4 Å². The second-order valence-electron chi connectivity index (χ2n) is 5.49. The molecule has 0 bridgehead atoms. The number of likely N-dealkylation sites (N-methyl/N-ethyl adjacent to an activating group) is 1. The van der Waals surface area contributed by atoms with Crippen LogP contribution in [0, 0.1) is 0 Å². The molecule has 0 spiro atoms. The number of benzene rings is 2. The molecule has 0 fully saturated rings. The Morgan fingerprint density at radius 1 is 1.04 bits per heavy atom. The van der Waals surface area contributed by atoms with E-state index in [2.05, 4.69) is 10.6 Å². The lowest BCUT2D eigenvalue weighted by atomic mass is 10.3. The first-order valence-electron chi connectivity index (χ1n) is 7.58. The summed E-state index contributed by atoms with van der Waals surface area (Å²) in [6.07, 6.45) is 0. The van der Waals surface area contributed by atoms with Crippen molar-refractivity contribution in [1.29, 1.82) is 0 Å². The lowest BCUT2D eigenvalue weighted by Crippen LogP contribution is -2.35. The summed E-state index contributed by atoms with van der Waals surface area (Å²) in [4.78, 5) is 23.1. The van der Waals surface area contributed by atoms with Crippen molar-refractivity contribution in [3.8, 4) is 0 Å². The molecular weight excluding hydrogens is 378 g/mol. The van der Waals surface area contributed by atoms with Crippen molar-refractivity contribution in [3.05, 3.63) is 53.6 Å². The summed E-state index contributed by atoms with van der Waals surface area (Å²) in [7, 11) is -2.55. The molecule has 2 aromatic carbocycles. The van der Waals surface area contributed by atoms with Gasteiger partial charge in [-0.3, -0.25) is 9.59 Å². The summed E-state index contributed by atoms with van der Waals surface area (Å²) >= 11 is 5.96. The highest BCUT2D eigenvalue weighted by Crippen LogP contribution is 2.21. The highest BCUT2D eigenvalue weighted by molar-refractivity contribution is 7.89. The minimum Gasteiger partial charge on any atom is -0.326 e. The van der Waals surface area contributed by atoms with Crippen LogP contribution < -0.4 is 10.6 Å². The third kappa shape index (κ3) is 5.04. The van der Waals surface area contributed by atoms with Crippen LogP contribution in [0.25, 0.3) is 0 Å². The molecule has 0 radical (unpaired) electrons. The predicted octanol–water partition coefficient (Wildman–Crippen LogP) is 2.56. The van der Waals surface area contributed by atoms with E-state index in [1.165, 1.54) is 38.2 Å². The number of hydrogen-bond donors (Lipinski definition) is 2. The number of carbonyl (C=O) groups is 2. The van der Waals surface area contributed by atoms with Crippen molar-refractivity contribution in [2.45, 2.75) is 11.8 Å². The normalized spacial score (nSPS) is 11.2. The smallest absolute Gasteiger partial charge is 0.243 e. The Hall–Kier alpha value is -2.42. The zero-order valence-corrected chi connectivity index (χ0v) is 15.8. The van der Waals surface area contributed by atoms with E-state index in [1.807, 2.05) is 0 Å². The van der Waals surface area contributed by atoms with E-state index in [-0.39, 0.29) is 17.3 Å². The van der Waals surface area contributed by atoms with Gasteiger partial charge in [-0.15, -0.1) is 0 Å². The summed E-state index contributed by atoms with van der Waals surface area (Å²) < 4.78 is 26.0. The first kappa shape index (κ1) is 19.9. The first-order chi connectivity index (χ1) is 12.2. The summed E-state index contributed by atoms with van der Waals surface area (Å²) in [5, 5.41) is 5.49. The largest absolute Gasteiger partial charge is 0.326 e. The Bertz CT molecular complexity index is 914. The molecule has 0 saturated carbocycles. The number of para-hydroxylation sites is 1. The van der Waals surface area contributed by atoms with E-state index in [4.69, 9.17) is 11.6 Å². The fourth-order valence-corrected chi connectivity index (χ4v) is 3.44. The van der Waals surface area contributed by atoms with Crippen LogP contribution in [0.3, 0.4) is 0 Å². The molecule has 0 saturated heterocycles. The molecule has 7 nitrogen and oxygen atoms in total. The van der Waals surface area contributed by atoms with Gasteiger partial charge in [-0.25, -0.2) is 8.42 Å². The number of anilines is 2. The number of amides is 2. The van der Waals surface area contributed by atoms with Gasteiger partial charge in [0, 0.05) is 19.7 Å². The molecule has 26 heavy (non-hydrogen) atoms. The molecule has 0 unspecified atom stereocenters. The summed E-state index contributed by atoms with van der Waals surface area (Å²) in [5.74, 6) is -0.770. The van der Waals surface area contributed by atoms with Crippen LogP contribution in [0.5, 0.6) is 0 Å². The number of hydrogen-bond acceptors (Lipinski definition) is 4. The molecule has 2 N–H and O–H groups in total. The molecule has 2 rings (SSSR count). The van der Waals surface area contributed by atoms with Crippen LogP contribution in [-0.2, 0) is 19.6 Å². The lowest BCUT2D eigenvalue weighted by molar-refractivity contribution is -0.116. The van der Waals surface area contributed by atoms with Crippen LogP contribution in [0.1, 0.15) is 6.92 Å². The van der Waals surface area contributed by atoms with Gasteiger partial charge < -0.3 is 10.6 Å². The third-order valence-corrected chi connectivity index (χ3v) is 5.54. The second kappa shape index (κ2) is 8.31. The standard InChI is InChI=1S/C17H18ClN3O4S/c1-12(22)19-13-7-9-14(10-8-13)26(24,25)21(2)11-17(23)20-16-6-4-3-5-15(16)18/h3-10H,11H2,1-2H3,(H,19,22)(H,20,23). The lowest BCUT2D eigenvalue weighted by Gasteiger charge is -2.17. The Kier molecular flexibility index (Phi) is 6.36. The number of rotatable bonds is 6. The van der Waals surface area contributed by atoms with Crippen LogP contribution in [-0.4, -0.2) is 38.1 Å². The van der Waals surface area contributed by atoms with E-state index in [1.54, 1.807) is 24.3 Å². The van der Waals surface area contributed by atoms with E-state index in [0.29, 0.717) is 16.4 Å². The SMILES string of the molecule is CC(=O)Nc1ccc(S(=O)(=O)N(C)CC(=O)Nc2ccccc2Cl)cc1. The van der Waals surface area contributed by atoms with E-state index < -0.39 is 15.9 Å². The van der Waals surface area contributed by atoms with Crippen molar-refractivity contribution in [1.82, 2.24) is 4.31 Å². The molecule has 0 atom stereocenters. The maximum Gasteiger partial charge on any atom is 0.243 e. The number of halogens is 1. The van der Waals surface area contributed by atoms with Gasteiger partial charge in [0.15, 0.2) is 0 Å². The number of nitrogens with one attached hydrogen (secondary N) is 2. The first-order valence-corrected chi connectivity index (χ1v) is 9.40. The molecular formula is C17H18ClN3O4S. The van der Waals surface area contributed by atoms with E-state index in [0.717, 1.165) is 4.31 Å². The van der Waals surface area contributed by atoms with Crippen molar-refractivity contribution in [3.63, 3.8) is 0 Å². The quantitative estimate of drug-likeness (QED) is 0.785. The molecule has 9 heteroatoms. The molecule has 138 valence electrons. The second-order valence-corrected chi connectivity index (χ2v) is 7.95. The Balaban J connectivity index is 2.07. The fraction of sp³-hybridized carbons (Fsp3) is 0.176. The highest BCUT2D eigenvalue weighted by atomic mass is 35.5. The number of carbonyl (C=O) groups excluding carboxylic acids is 2. The zero-order chi connectivity index (χ0) is 19.3. The molecule has 0 aromatic heterocycles. The summed E-state index contributed by atoms with van der Waals surface area (Å²) in [5.41, 5.74) is 0.889. The van der Waals surface area contributed by atoms with Gasteiger partial charge in [0.25, 0.3) is 0 Å². The van der Waals surface area contributed by atoms with Crippen LogP contribution >= 0.6 is 11.6 Å². The predicted molar refractivity (Wildman–Crippen MR) is 101 cm³/mol. The molecule has 0 aliphatic heterocycles. The molecule has 0 heterocycles.